The lowest BCUT2D eigenvalue weighted by Crippen LogP contribution is -2.36. The van der Waals surface area contributed by atoms with Gasteiger partial charge in [-0.3, -0.25) is 9.59 Å². The van der Waals surface area contributed by atoms with Gasteiger partial charge in [0.2, 0.25) is 11.8 Å². The van der Waals surface area contributed by atoms with E-state index in [1.807, 2.05) is 6.92 Å². The first-order valence-electron chi connectivity index (χ1n) is 10.9. The van der Waals surface area contributed by atoms with Crippen molar-refractivity contribution in [1.82, 2.24) is 10.6 Å². The molecule has 2 unspecified atom stereocenters. The molecule has 0 aliphatic rings. The first-order chi connectivity index (χ1) is 14.9. The molecule has 3 amide bonds. The highest BCUT2D eigenvalue weighted by Gasteiger charge is 2.23. The number of anilines is 1. The zero-order chi connectivity index (χ0) is 24.3. The van der Waals surface area contributed by atoms with Gasteiger partial charge >= 0.3 is 13.2 Å². The number of amides is 3. The maximum atomic E-state index is 12.6. The van der Waals surface area contributed by atoms with Crippen LogP contribution in [0.3, 0.4) is 0 Å². The van der Waals surface area contributed by atoms with E-state index >= 15 is 0 Å². The quantitative estimate of drug-likeness (QED) is 0.256. The number of nitrogens with one attached hydrogen (secondary N) is 3. The fourth-order valence-corrected chi connectivity index (χ4v) is 2.99. The van der Waals surface area contributed by atoms with Crippen LogP contribution in [0.25, 0.3) is 0 Å². The number of rotatable bonds is 11. The van der Waals surface area contributed by atoms with Gasteiger partial charge in [-0.05, 0) is 57.6 Å². The van der Waals surface area contributed by atoms with Crippen LogP contribution >= 0.6 is 0 Å². The van der Waals surface area contributed by atoms with Crippen LogP contribution in [0.15, 0.2) is 24.3 Å². The monoisotopic (exact) mass is 449 g/mol. The average Bonchev–Trinajstić information content (AvgIpc) is 2.70. The van der Waals surface area contributed by atoms with E-state index in [9.17, 15) is 24.4 Å². The fraction of sp³-hybridized carbons (Fsp3) is 0.591. The van der Waals surface area contributed by atoms with Crippen LogP contribution in [-0.2, 0) is 14.3 Å². The Bertz CT molecular complexity index is 766. The minimum atomic E-state index is -1.61. The first-order valence-corrected chi connectivity index (χ1v) is 10.9. The van der Waals surface area contributed by atoms with E-state index in [1.54, 1.807) is 45.9 Å². The smallest absolute Gasteiger partial charge is 0.444 e. The molecule has 0 aromatic heterocycles. The van der Waals surface area contributed by atoms with Crippen molar-refractivity contribution in [2.75, 3.05) is 18.4 Å². The normalized spacial score (nSPS) is 13.0. The predicted octanol–water partition coefficient (Wildman–Crippen LogP) is 1.39. The van der Waals surface area contributed by atoms with Crippen LogP contribution in [0.4, 0.5) is 10.5 Å². The Morgan fingerprint density at radius 3 is 2.34 bits per heavy atom. The van der Waals surface area contributed by atoms with E-state index in [1.165, 1.54) is 6.07 Å². The maximum Gasteiger partial charge on any atom is 0.488 e. The van der Waals surface area contributed by atoms with Crippen LogP contribution < -0.4 is 21.4 Å². The van der Waals surface area contributed by atoms with Crippen molar-refractivity contribution in [3.8, 4) is 0 Å². The van der Waals surface area contributed by atoms with Gasteiger partial charge in [0, 0.05) is 30.6 Å². The van der Waals surface area contributed by atoms with Crippen molar-refractivity contribution in [3.63, 3.8) is 0 Å². The molecule has 0 heterocycles. The largest absolute Gasteiger partial charge is 0.488 e. The molecule has 0 radical (unpaired) electrons. The number of carbonyl (C=O) groups is 3. The third kappa shape index (κ3) is 10.6. The third-order valence-electron chi connectivity index (χ3n) is 4.72. The van der Waals surface area contributed by atoms with Crippen molar-refractivity contribution >= 4 is 36.2 Å². The number of alkyl carbamates (subject to hydrolysis) is 1. The van der Waals surface area contributed by atoms with Crippen molar-refractivity contribution in [1.29, 1.82) is 0 Å². The summed E-state index contributed by atoms with van der Waals surface area (Å²) in [6, 6.07) is 6.33. The highest BCUT2D eigenvalue weighted by Crippen LogP contribution is 2.18. The molecule has 1 aromatic carbocycles. The second-order valence-electron chi connectivity index (χ2n) is 8.80. The highest BCUT2D eigenvalue weighted by atomic mass is 16.6. The van der Waals surface area contributed by atoms with Crippen molar-refractivity contribution in [2.24, 2.45) is 11.8 Å². The molecule has 0 fully saturated rings. The molecule has 0 aliphatic carbocycles. The Labute approximate surface area is 190 Å². The standard InChI is InChI=1S/C22H36BN3O6/c1-6-16(20(28)26-18-10-7-9-17(14-18)23(30)31)13-15(2)19(27)24-11-8-12-25-21(29)32-22(3,4)5/h7,9-10,14-16,30-31H,6,8,11-13H2,1-5H3,(H,24,27)(H,25,29)(H,26,28). The van der Waals surface area contributed by atoms with Crippen LogP contribution in [0.5, 0.6) is 0 Å². The molecule has 5 N–H and O–H groups in total. The Kier molecular flexibility index (Phi) is 11.2. The second-order valence-corrected chi connectivity index (χ2v) is 8.80. The van der Waals surface area contributed by atoms with Gasteiger partial charge < -0.3 is 30.7 Å². The molecular weight excluding hydrogens is 413 g/mol. The predicted molar refractivity (Wildman–Crippen MR) is 124 cm³/mol. The van der Waals surface area contributed by atoms with Gasteiger partial charge in [-0.25, -0.2) is 4.79 Å². The van der Waals surface area contributed by atoms with Gasteiger partial charge in [-0.2, -0.15) is 0 Å². The summed E-state index contributed by atoms with van der Waals surface area (Å²) in [6.07, 6.45) is 1.01. The lowest BCUT2D eigenvalue weighted by molar-refractivity contribution is -0.126. The number of benzene rings is 1. The molecule has 1 rings (SSSR count). The summed E-state index contributed by atoms with van der Waals surface area (Å²) in [4.78, 5) is 36.6. The number of hydrogen-bond acceptors (Lipinski definition) is 6. The van der Waals surface area contributed by atoms with Gasteiger partial charge in [0.25, 0.3) is 0 Å². The highest BCUT2D eigenvalue weighted by molar-refractivity contribution is 6.58. The van der Waals surface area contributed by atoms with E-state index in [-0.39, 0.29) is 29.1 Å². The fourth-order valence-electron chi connectivity index (χ4n) is 2.99. The Balaban J connectivity index is 2.42. The molecule has 178 valence electrons. The molecule has 0 saturated heterocycles. The molecule has 32 heavy (non-hydrogen) atoms. The van der Waals surface area contributed by atoms with E-state index in [0.717, 1.165) is 0 Å². The lowest BCUT2D eigenvalue weighted by atomic mass is 9.80. The molecule has 0 spiro atoms. The van der Waals surface area contributed by atoms with Crippen molar-refractivity contribution in [3.05, 3.63) is 24.3 Å². The lowest BCUT2D eigenvalue weighted by Gasteiger charge is -2.20. The Morgan fingerprint density at radius 1 is 1.09 bits per heavy atom. The van der Waals surface area contributed by atoms with Gasteiger partial charge in [-0.15, -0.1) is 0 Å². The Morgan fingerprint density at radius 2 is 1.75 bits per heavy atom. The van der Waals surface area contributed by atoms with Crippen LogP contribution in [0.1, 0.15) is 53.9 Å². The van der Waals surface area contributed by atoms with Gasteiger partial charge in [0.1, 0.15) is 5.60 Å². The summed E-state index contributed by atoms with van der Waals surface area (Å²) < 4.78 is 5.14. The zero-order valence-electron chi connectivity index (χ0n) is 19.6. The molecule has 9 nitrogen and oxygen atoms in total. The summed E-state index contributed by atoms with van der Waals surface area (Å²) in [5.41, 5.74) is 0.192. The summed E-state index contributed by atoms with van der Waals surface area (Å²) >= 11 is 0. The number of carbonyl (C=O) groups excluding carboxylic acids is 3. The van der Waals surface area contributed by atoms with Gasteiger partial charge in [0.05, 0.1) is 0 Å². The molecular formula is C22H36BN3O6. The number of ether oxygens (including phenoxy) is 1. The molecule has 0 bridgehead atoms. The maximum absolute atomic E-state index is 12.6. The van der Waals surface area contributed by atoms with Gasteiger partial charge in [-0.1, -0.05) is 26.0 Å². The average molecular weight is 449 g/mol. The summed E-state index contributed by atoms with van der Waals surface area (Å²) in [5, 5.41) is 26.8. The molecule has 0 saturated carbocycles. The summed E-state index contributed by atoms with van der Waals surface area (Å²) in [5.74, 6) is -1.11. The van der Waals surface area contributed by atoms with E-state index in [4.69, 9.17) is 4.74 Å². The van der Waals surface area contributed by atoms with Gasteiger partial charge in [0.15, 0.2) is 0 Å². The topological polar surface area (TPSA) is 137 Å². The first kappa shape index (κ1) is 27.4. The minimum Gasteiger partial charge on any atom is -0.444 e. The summed E-state index contributed by atoms with van der Waals surface area (Å²) in [6.45, 7) is 9.79. The minimum absolute atomic E-state index is 0.154. The van der Waals surface area contributed by atoms with Crippen LogP contribution in [0, 0.1) is 11.8 Å². The van der Waals surface area contributed by atoms with Crippen LogP contribution in [-0.4, -0.2) is 53.8 Å². The van der Waals surface area contributed by atoms with E-state index in [0.29, 0.717) is 38.0 Å². The summed E-state index contributed by atoms with van der Waals surface area (Å²) in [7, 11) is -1.61. The van der Waals surface area contributed by atoms with Crippen molar-refractivity contribution in [2.45, 2.75) is 59.5 Å². The molecule has 10 heteroatoms. The molecule has 0 aliphatic heterocycles. The molecule has 1 aromatic rings. The van der Waals surface area contributed by atoms with Crippen LogP contribution in [0.2, 0.25) is 0 Å². The number of hydrogen-bond donors (Lipinski definition) is 5. The zero-order valence-corrected chi connectivity index (χ0v) is 19.6. The second kappa shape index (κ2) is 13.1. The molecule has 2 atom stereocenters. The van der Waals surface area contributed by atoms with Crippen molar-refractivity contribution < 1.29 is 29.2 Å². The Hall–Kier alpha value is -2.59. The van der Waals surface area contributed by atoms with E-state index in [2.05, 4.69) is 16.0 Å². The van der Waals surface area contributed by atoms with E-state index < -0.39 is 18.8 Å². The SMILES string of the molecule is CCC(CC(C)C(=O)NCCCNC(=O)OC(C)(C)C)C(=O)Nc1cccc(B(O)O)c1. The third-order valence-corrected chi connectivity index (χ3v) is 4.72.